The number of benzene rings is 1. The van der Waals surface area contributed by atoms with Crippen LogP contribution >= 0.6 is 15.9 Å². The molecule has 1 aromatic heterocycles. The highest BCUT2D eigenvalue weighted by atomic mass is 79.9. The van der Waals surface area contributed by atoms with Crippen molar-refractivity contribution in [3.05, 3.63) is 40.1 Å². The summed E-state index contributed by atoms with van der Waals surface area (Å²) in [5.74, 6) is 0. The minimum absolute atomic E-state index is 0.463. The van der Waals surface area contributed by atoms with E-state index in [2.05, 4.69) is 26.2 Å². The fraction of sp³-hybridized carbons (Fsp3) is 0.429. The Bertz CT molecular complexity index is 565. The van der Waals surface area contributed by atoms with Crippen LogP contribution in [0, 0.1) is 6.92 Å². The molecule has 0 aliphatic heterocycles. The van der Waals surface area contributed by atoms with Crippen molar-refractivity contribution in [3.8, 4) is 5.69 Å². The van der Waals surface area contributed by atoms with Crippen molar-refractivity contribution in [2.75, 3.05) is 13.2 Å². The van der Waals surface area contributed by atoms with E-state index in [1.807, 2.05) is 45.2 Å². The van der Waals surface area contributed by atoms with E-state index in [1.165, 1.54) is 0 Å². The molecule has 0 spiro atoms. The quantitative estimate of drug-likeness (QED) is 0.756. The molecule has 5 nitrogen and oxygen atoms in total. The summed E-state index contributed by atoms with van der Waals surface area (Å²) in [5, 5.41) is 8.27. The van der Waals surface area contributed by atoms with Crippen molar-refractivity contribution in [1.82, 2.24) is 15.0 Å². The second-order valence-corrected chi connectivity index (χ2v) is 5.12. The van der Waals surface area contributed by atoms with Crippen LogP contribution in [0.4, 0.5) is 0 Å². The van der Waals surface area contributed by atoms with Gasteiger partial charge in [0.15, 0.2) is 0 Å². The minimum Gasteiger partial charge on any atom is -0.347 e. The van der Waals surface area contributed by atoms with E-state index in [1.54, 1.807) is 4.68 Å². The number of rotatable bonds is 6. The van der Waals surface area contributed by atoms with Crippen LogP contribution in [0.1, 0.15) is 31.4 Å². The average Bonchev–Trinajstić information content (AvgIpc) is 2.91. The molecule has 2 aromatic rings. The lowest BCUT2D eigenvalue weighted by Gasteiger charge is -2.13. The zero-order valence-electron chi connectivity index (χ0n) is 11.8. The maximum Gasteiger partial charge on any atom is 0.204 e. The Morgan fingerprint density at radius 3 is 2.55 bits per heavy atom. The smallest absolute Gasteiger partial charge is 0.204 e. The van der Waals surface area contributed by atoms with Crippen molar-refractivity contribution in [2.45, 2.75) is 27.1 Å². The second kappa shape index (κ2) is 6.97. The van der Waals surface area contributed by atoms with Crippen LogP contribution in [-0.4, -0.2) is 28.2 Å². The molecular weight excluding hydrogens is 322 g/mol. The van der Waals surface area contributed by atoms with Gasteiger partial charge in [-0.25, -0.2) is 4.68 Å². The number of hydrogen-bond acceptors (Lipinski definition) is 4. The summed E-state index contributed by atoms with van der Waals surface area (Å²) in [6.07, 6.45) is 1.37. The van der Waals surface area contributed by atoms with Gasteiger partial charge in [0, 0.05) is 17.7 Å². The summed E-state index contributed by atoms with van der Waals surface area (Å²) in [5.41, 5.74) is 2.77. The Hall–Kier alpha value is -1.24. The van der Waals surface area contributed by atoms with Gasteiger partial charge < -0.3 is 9.47 Å². The minimum atomic E-state index is -0.463. The molecule has 2 rings (SSSR count). The maximum absolute atomic E-state index is 5.51. The molecular formula is C14H18BrN3O2. The fourth-order valence-corrected chi connectivity index (χ4v) is 2.05. The Labute approximate surface area is 127 Å². The molecule has 1 aromatic carbocycles. The lowest BCUT2D eigenvalue weighted by molar-refractivity contribution is -0.142. The standard InChI is InChI=1S/C14H18BrN3O2/c1-4-19-14(20-5-2)13-9-18(17-16-13)11-6-7-12(15)10(3)8-11/h6-9,14H,4-5H2,1-3H3. The third-order valence-electron chi connectivity index (χ3n) is 2.79. The number of halogens is 1. The Balaban J connectivity index is 2.24. The summed E-state index contributed by atoms with van der Waals surface area (Å²) < 4.78 is 13.8. The zero-order valence-corrected chi connectivity index (χ0v) is 13.4. The van der Waals surface area contributed by atoms with E-state index in [0.717, 1.165) is 15.7 Å². The van der Waals surface area contributed by atoms with Crippen molar-refractivity contribution < 1.29 is 9.47 Å². The van der Waals surface area contributed by atoms with Crippen LogP contribution < -0.4 is 0 Å². The van der Waals surface area contributed by atoms with Crippen molar-refractivity contribution in [1.29, 1.82) is 0 Å². The van der Waals surface area contributed by atoms with Gasteiger partial charge in [-0.05, 0) is 44.5 Å². The monoisotopic (exact) mass is 339 g/mol. The maximum atomic E-state index is 5.51. The van der Waals surface area contributed by atoms with Gasteiger partial charge in [-0.3, -0.25) is 0 Å². The van der Waals surface area contributed by atoms with Crippen LogP contribution in [0.3, 0.4) is 0 Å². The lowest BCUT2D eigenvalue weighted by atomic mass is 10.2. The summed E-state index contributed by atoms with van der Waals surface area (Å²) >= 11 is 3.49. The molecule has 0 amide bonds. The number of hydrogen-bond donors (Lipinski definition) is 0. The molecule has 1 heterocycles. The molecule has 20 heavy (non-hydrogen) atoms. The van der Waals surface area contributed by atoms with Gasteiger partial charge in [0.1, 0.15) is 5.69 Å². The van der Waals surface area contributed by atoms with E-state index < -0.39 is 6.29 Å². The number of nitrogens with zero attached hydrogens (tertiary/aromatic N) is 3. The summed E-state index contributed by atoms with van der Waals surface area (Å²) in [6.45, 7) is 7.02. The van der Waals surface area contributed by atoms with Crippen molar-refractivity contribution >= 4 is 15.9 Å². The van der Waals surface area contributed by atoms with E-state index in [0.29, 0.717) is 18.9 Å². The normalized spacial score (nSPS) is 11.2. The van der Waals surface area contributed by atoms with Crippen LogP contribution in [0.2, 0.25) is 0 Å². The summed E-state index contributed by atoms with van der Waals surface area (Å²) in [4.78, 5) is 0. The Morgan fingerprint density at radius 2 is 1.95 bits per heavy atom. The number of ether oxygens (including phenoxy) is 2. The fourth-order valence-electron chi connectivity index (χ4n) is 1.80. The molecule has 0 fully saturated rings. The predicted molar refractivity (Wildman–Crippen MR) is 79.8 cm³/mol. The van der Waals surface area contributed by atoms with E-state index >= 15 is 0 Å². The molecule has 0 atom stereocenters. The van der Waals surface area contributed by atoms with Gasteiger partial charge in [0.25, 0.3) is 0 Å². The first-order valence-electron chi connectivity index (χ1n) is 6.57. The van der Waals surface area contributed by atoms with Gasteiger partial charge in [0.2, 0.25) is 6.29 Å². The Morgan fingerprint density at radius 1 is 1.25 bits per heavy atom. The molecule has 0 radical (unpaired) electrons. The lowest BCUT2D eigenvalue weighted by Crippen LogP contribution is -2.09. The van der Waals surface area contributed by atoms with Crippen molar-refractivity contribution in [2.24, 2.45) is 0 Å². The second-order valence-electron chi connectivity index (χ2n) is 4.26. The molecule has 0 saturated carbocycles. The highest BCUT2D eigenvalue weighted by Gasteiger charge is 2.16. The number of aromatic nitrogens is 3. The third kappa shape index (κ3) is 3.45. The first-order valence-corrected chi connectivity index (χ1v) is 7.37. The molecule has 0 saturated heterocycles. The van der Waals surface area contributed by atoms with Crippen LogP contribution in [0.15, 0.2) is 28.9 Å². The largest absolute Gasteiger partial charge is 0.347 e. The molecule has 0 bridgehead atoms. The van der Waals surface area contributed by atoms with E-state index in [9.17, 15) is 0 Å². The van der Waals surface area contributed by atoms with Gasteiger partial charge >= 0.3 is 0 Å². The van der Waals surface area contributed by atoms with Crippen LogP contribution in [-0.2, 0) is 9.47 Å². The molecule has 6 heteroatoms. The molecule has 0 aliphatic carbocycles. The first kappa shape index (κ1) is 15.2. The van der Waals surface area contributed by atoms with Crippen LogP contribution in [0.5, 0.6) is 0 Å². The van der Waals surface area contributed by atoms with Gasteiger partial charge in [-0.15, -0.1) is 5.10 Å². The predicted octanol–water partition coefficient (Wildman–Crippen LogP) is 3.41. The Kier molecular flexibility index (Phi) is 5.28. The highest BCUT2D eigenvalue weighted by Crippen LogP contribution is 2.21. The van der Waals surface area contributed by atoms with Gasteiger partial charge in [-0.1, -0.05) is 21.1 Å². The third-order valence-corrected chi connectivity index (χ3v) is 3.68. The van der Waals surface area contributed by atoms with Crippen molar-refractivity contribution in [3.63, 3.8) is 0 Å². The SMILES string of the molecule is CCOC(OCC)c1cn(-c2ccc(Br)c(C)c2)nn1. The molecule has 108 valence electrons. The molecule has 0 unspecified atom stereocenters. The topological polar surface area (TPSA) is 49.2 Å². The van der Waals surface area contributed by atoms with E-state index in [4.69, 9.17) is 9.47 Å². The first-order chi connectivity index (χ1) is 9.65. The van der Waals surface area contributed by atoms with Crippen LogP contribution in [0.25, 0.3) is 5.69 Å². The highest BCUT2D eigenvalue weighted by molar-refractivity contribution is 9.10. The van der Waals surface area contributed by atoms with Gasteiger partial charge in [0.05, 0.1) is 11.9 Å². The zero-order chi connectivity index (χ0) is 14.5. The molecule has 0 N–H and O–H groups in total. The average molecular weight is 340 g/mol. The molecule has 0 aliphatic rings. The summed E-state index contributed by atoms with van der Waals surface area (Å²) in [7, 11) is 0. The van der Waals surface area contributed by atoms with E-state index in [-0.39, 0.29) is 0 Å². The number of aryl methyl sites for hydroxylation is 1. The summed E-state index contributed by atoms with van der Waals surface area (Å²) in [6, 6.07) is 6.01. The van der Waals surface area contributed by atoms with Gasteiger partial charge in [-0.2, -0.15) is 0 Å².